The fraction of sp³-hybridized carbons (Fsp3) is 0.800. The predicted octanol–water partition coefficient (Wildman–Crippen LogP) is 4.45. The zero-order chi connectivity index (χ0) is 13.2. The second-order valence-corrected chi connectivity index (χ2v) is 17.9. The Morgan fingerprint density at radius 2 is 2.00 bits per heavy atom. The Morgan fingerprint density at radius 1 is 1.41 bits per heavy atom. The van der Waals surface area contributed by atoms with Crippen LogP contribution in [-0.4, -0.2) is 19.0 Å². The number of Topliss-reactive ketones (excluding diaryl/α,β-unsaturated/α-hetero) is 1. The topological polar surface area (TPSA) is 17.1 Å². The van der Waals surface area contributed by atoms with Gasteiger partial charge in [0, 0.05) is 0 Å². The van der Waals surface area contributed by atoms with Crippen molar-refractivity contribution < 1.29 is 4.79 Å². The van der Waals surface area contributed by atoms with Crippen LogP contribution < -0.4 is 0 Å². The first kappa shape index (κ1) is 15.0. The van der Waals surface area contributed by atoms with Gasteiger partial charge in [-0.2, -0.15) is 0 Å². The van der Waals surface area contributed by atoms with E-state index in [0.29, 0.717) is 17.6 Å². The average Bonchev–Trinajstić information content (AvgIpc) is 2.15. The number of hydrogen-bond donors (Lipinski definition) is 0. The molecule has 0 amide bonds. The standard InChI is InChI=1S/C15H28GeO/c1-11(2)15-8-7-14(17)10-13(15)9-12(3)16(4,5)6/h11,13,15H,3,7-10H2,1-2,4-6H3/t13-,15+/m0/s1. The number of hydrogen-bond acceptors (Lipinski definition) is 1. The molecule has 1 aliphatic carbocycles. The first-order chi connectivity index (χ1) is 7.71. The molecule has 1 nitrogen and oxygen atoms in total. The zero-order valence-electron chi connectivity index (χ0n) is 12.2. The molecule has 0 aromatic rings. The summed E-state index contributed by atoms with van der Waals surface area (Å²) in [4.78, 5) is 11.7. The van der Waals surface area contributed by atoms with E-state index < -0.39 is 13.3 Å². The van der Waals surface area contributed by atoms with Gasteiger partial charge < -0.3 is 0 Å². The molecule has 0 aromatic heterocycles. The van der Waals surface area contributed by atoms with Gasteiger partial charge in [0.15, 0.2) is 0 Å². The molecule has 0 saturated heterocycles. The second kappa shape index (κ2) is 5.73. The Kier molecular flexibility index (Phi) is 5.06. The minimum atomic E-state index is -1.73. The Hall–Kier alpha value is -0.0471. The monoisotopic (exact) mass is 298 g/mol. The van der Waals surface area contributed by atoms with Gasteiger partial charge >= 0.3 is 109 Å². The van der Waals surface area contributed by atoms with Crippen molar-refractivity contribution in [1.82, 2.24) is 0 Å². The van der Waals surface area contributed by atoms with Crippen LogP contribution in [0.4, 0.5) is 0 Å². The third-order valence-electron chi connectivity index (χ3n) is 4.28. The van der Waals surface area contributed by atoms with Crippen molar-refractivity contribution in [2.24, 2.45) is 17.8 Å². The molecule has 0 heterocycles. The number of ketones is 1. The summed E-state index contributed by atoms with van der Waals surface area (Å²) < 4.78 is 1.48. The van der Waals surface area contributed by atoms with Gasteiger partial charge in [0.2, 0.25) is 0 Å². The zero-order valence-corrected chi connectivity index (χ0v) is 14.3. The second-order valence-electron chi connectivity index (χ2n) is 7.01. The van der Waals surface area contributed by atoms with Crippen molar-refractivity contribution in [3.8, 4) is 0 Å². The number of allylic oxidation sites excluding steroid dienone is 1. The molecule has 17 heavy (non-hydrogen) atoms. The fourth-order valence-electron chi connectivity index (χ4n) is 2.83. The van der Waals surface area contributed by atoms with Gasteiger partial charge in [0.1, 0.15) is 0 Å². The van der Waals surface area contributed by atoms with Crippen LogP contribution in [0.3, 0.4) is 0 Å². The van der Waals surface area contributed by atoms with E-state index in [-0.39, 0.29) is 0 Å². The summed E-state index contributed by atoms with van der Waals surface area (Å²) in [6.07, 6.45) is 3.83. The Bertz CT molecular complexity index is 299. The molecule has 0 aromatic carbocycles. The van der Waals surface area contributed by atoms with E-state index in [2.05, 4.69) is 37.7 Å². The molecule has 1 fully saturated rings. The molecule has 1 aliphatic rings. The molecule has 2 atom stereocenters. The Morgan fingerprint density at radius 3 is 2.47 bits per heavy atom. The minimum absolute atomic E-state index is 0.473. The van der Waals surface area contributed by atoms with Gasteiger partial charge in [0.05, 0.1) is 0 Å². The molecule has 1 rings (SSSR count). The van der Waals surface area contributed by atoms with Gasteiger partial charge in [0.25, 0.3) is 0 Å². The van der Waals surface area contributed by atoms with Gasteiger partial charge in [-0.3, -0.25) is 0 Å². The quantitative estimate of drug-likeness (QED) is 0.701. The first-order valence-corrected chi connectivity index (χ1v) is 14.3. The molecule has 0 N–H and O–H groups in total. The van der Waals surface area contributed by atoms with Crippen molar-refractivity contribution in [2.75, 3.05) is 0 Å². The summed E-state index contributed by atoms with van der Waals surface area (Å²) in [7, 11) is 0. The molecule has 1 saturated carbocycles. The SMILES string of the molecule is C=[C](C[C@H]1CC(=O)CC[C@@H]1C(C)C)[Ge]([CH3])([CH3])[CH3]. The molecule has 0 spiro atoms. The maximum absolute atomic E-state index is 11.7. The fourth-order valence-corrected chi connectivity index (χ4v) is 4.67. The predicted molar refractivity (Wildman–Crippen MR) is 77.8 cm³/mol. The molecule has 0 bridgehead atoms. The molecular formula is C15H28GeO. The van der Waals surface area contributed by atoms with Crippen LogP contribution in [0, 0.1) is 17.8 Å². The Balaban J connectivity index is 2.70. The van der Waals surface area contributed by atoms with Crippen molar-refractivity contribution in [2.45, 2.75) is 56.8 Å². The molecule has 0 unspecified atom stereocenters. The summed E-state index contributed by atoms with van der Waals surface area (Å²) in [6.45, 7) is 8.91. The third-order valence-corrected chi connectivity index (χ3v) is 9.16. The van der Waals surface area contributed by atoms with Gasteiger partial charge in [-0.25, -0.2) is 0 Å². The summed E-state index contributed by atoms with van der Waals surface area (Å²) >= 11 is -1.73. The van der Waals surface area contributed by atoms with Crippen molar-refractivity contribution in [3.63, 3.8) is 0 Å². The van der Waals surface area contributed by atoms with Crippen LogP contribution in [0.15, 0.2) is 11.0 Å². The normalized spacial score (nSPS) is 26.4. The summed E-state index contributed by atoms with van der Waals surface area (Å²) in [6, 6.07) is 0. The van der Waals surface area contributed by atoms with Crippen LogP contribution in [0.5, 0.6) is 0 Å². The third kappa shape index (κ3) is 4.28. The van der Waals surface area contributed by atoms with E-state index in [1.165, 1.54) is 4.41 Å². The number of rotatable bonds is 4. The van der Waals surface area contributed by atoms with E-state index >= 15 is 0 Å². The van der Waals surface area contributed by atoms with Crippen molar-refractivity contribution in [3.05, 3.63) is 11.0 Å². The number of carbonyl (C=O) groups is 1. The van der Waals surface area contributed by atoms with E-state index in [9.17, 15) is 4.79 Å². The summed E-state index contributed by atoms with van der Waals surface area (Å²) in [5, 5.41) is 0. The van der Waals surface area contributed by atoms with Crippen LogP contribution in [0.2, 0.25) is 17.3 Å². The van der Waals surface area contributed by atoms with E-state index in [1.807, 2.05) is 0 Å². The number of carbonyl (C=O) groups excluding carboxylic acids is 1. The van der Waals surface area contributed by atoms with Crippen LogP contribution in [0.25, 0.3) is 0 Å². The van der Waals surface area contributed by atoms with Crippen LogP contribution in [0.1, 0.15) is 39.5 Å². The summed E-state index contributed by atoms with van der Waals surface area (Å²) in [5.41, 5.74) is 0. The van der Waals surface area contributed by atoms with Crippen molar-refractivity contribution >= 4 is 19.0 Å². The van der Waals surface area contributed by atoms with E-state index in [0.717, 1.165) is 31.6 Å². The van der Waals surface area contributed by atoms with E-state index in [4.69, 9.17) is 0 Å². The van der Waals surface area contributed by atoms with Gasteiger partial charge in [-0.05, 0) is 0 Å². The van der Waals surface area contributed by atoms with Crippen LogP contribution >= 0.6 is 0 Å². The summed E-state index contributed by atoms with van der Waals surface area (Å²) in [5.74, 6) is 9.68. The van der Waals surface area contributed by atoms with Gasteiger partial charge in [-0.15, -0.1) is 0 Å². The Labute approximate surface area is 109 Å². The maximum atomic E-state index is 11.7. The molecule has 98 valence electrons. The molecule has 2 heteroatoms. The first-order valence-electron chi connectivity index (χ1n) is 6.91. The van der Waals surface area contributed by atoms with E-state index in [1.54, 1.807) is 0 Å². The van der Waals surface area contributed by atoms with Crippen LogP contribution in [-0.2, 0) is 4.79 Å². The molecular weight excluding hydrogens is 269 g/mol. The van der Waals surface area contributed by atoms with Gasteiger partial charge in [-0.1, -0.05) is 0 Å². The molecule has 0 aliphatic heterocycles. The average molecular weight is 297 g/mol. The molecule has 0 radical (unpaired) electrons. The van der Waals surface area contributed by atoms with Crippen molar-refractivity contribution in [1.29, 1.82) is 0 Å².